The molecule has 3 aromatic rings. The first-order chi connectivity index (χ1) is 13.8. The highest BCUT2D eigenvalue weighted by atomic mass is 32.1. The summed E-state index contributed by atoms with van der Waals surface area (Å²) in [7, 11) is 0. The fourth-order valence-corrected chi connectivity index (χ4v) is 5.38. The Morgan fingerprint density at radius 1 is 1.28 bits per heavy atom. The van der Waals surface area contributed by atoms with Crippen LogP contribution in [0.5, 0.6) is 0 Å². The lowest BCUT2D eigenvalue weighted by atomic mass is 9.72. The summed E-state index contributed by atoms with van der Waals surface area (Å²) in [5, 5.41) is 3.63. The molecule has 0 fully saturated rings. The van der Waals surface area contributed by atoms with E-state index in [9.17, 15) is 9.59 Å². The van der Waals surface area contributed by atoms with Crippen LogP contribution in [0, 0.1) is 11.3 Å². The number of amides is 1. The van der Waals surface area contributed by atoms with Crippen LogP contribution in [0.15, 0.2) is 35.1 Å². The van der Waals surface area contributed by atoms with Gasteiger partial charge in [-0.3, -0.25) is 9.59 Å². The molecule has 152 valence electrons. The molecule has 0 aliphatic heterocycles. The van der Waals surface area contributed by atoms with Crippen molar-refractivity contribution >= 4 is 33.1 Å². The molecule has 0 spiro atoms. The normalized spacial score (nSPS) is 16.6. The maximum absolute atomic E-state index is 12.8. The Labute approximate surface area is 174 Å². The number of hydrogen-bond donors (Lipinski definition) is 2. The third kappa shape index (κ3) is 4.27. The zero-order valence-corrected chi connectivity index (χ0v) is 18.0. The summed E-state index contributed by atoms with van der Waals surface area (Å²) < 4.78 is 0. The zero-order chi connectivity index (χ0) is 20.6. The van der Waals surface area contributed by atoms with E-state index in [0.717, 1.165) is 35.2 Å². The first-order valence-electron chi connectivity index (χ1n) is 10.2. The number of hydrogen-bond acceptors (Lipinski definition) is 4. The molecule has 0 bridgehead atoms. The van der Waals surface area contributed by atoms with Crippen LogP contribution in [-0.2, 0) is 24.1 Å². The molecule has 1 aliphatic rings. The van der Waals surface area contributed by atoms with Crippen molar-refractivity contribution in [3.8, 4) is 0 Å². The van der Waals surface area contributed by atoms with Gasteiger partial charge in [0.1, 0.15) is 10.7 Å². The minimum Gasteiger partial charge on any atom is -0.326 e. The molecule has 2 N–H and O–H groups in total. The lowest BCUT2D eigenvalue weighted by Crippen LogP contribution is -2.26. The Balaban J connectivity index is 1.51. The number of rotatable bonds is 4. The van der Waals surface area contributed by atoms with Crippen molar-refractivity contribution in [3.63, 3.8) is 0 Å². The van der Waals surface area contributed by atoms with Crippen molar-refractivity contribution in [2.24, 2.45) is 11.3 Å². The Bertz CT molecular complexity index is 1090. The summed E-state index contributed by atoms with van der Waals surface area (Å²) in [5.74, 6) is 1.12. The second-order valence-corrected chi connectivity index (χ2v) is 10.0. The Hall–Kier alpha value is -2.47. The second-order valence-electron chi connectivity index (χ2n) is 8.92. The number of nitrogens with zero attached hydrogens (tertiary/aromatic N) is 1. The molecule has 0 saturated heterocycles. The molecule has 1 amide bonds. The van der Waals surface area contributed by atoms with Gasteiger partial charge in [0, 0.05) is 23.4 Å². The molecule has 2 aromatic heterocycles. The fourth-order valence-electron chi connectivity index (χ4n) is 4.06. The van der Waals surface area contributed by atoms with E-state index in [1.54, 1.807) is 11.3 Å². The van der Waals surface area contributed by atoms with E-state index in [1.165, 1.54) is 10.4 Å². The van der Waals surface area contributed by atoms with Crippen molar-refractivity contribution in [2.45, 2.75) is 52.9 Å². The van der Waals surface area contributed by atoms with Crippen LogP contribution in [-0.4, -0.2) is 15.9 Å². The van der Waals surface area contributed by atoms with Crippen molar-refractivity contribution in [3.05, 3.63) is 57.0 Å². The number of aryl methyl sites for hydroxylation is 2. The highest BCUT2D eigenvalue weighted by molar-refractivity contribution is 7.18. The average Bonchev–Trinajstić information content (AvgIpc) is 3.04. The lowest BCUT2D eigenvalue weighted by molar-refractivity contribution is -0.116. The van der Waals surface area contributed by atoms with Crippen LogP contribution in [0.4, 0.5) is 5.69 Å². The molecule has 1 aliphatic carbocycles. The number of para-hydroxylation sites is 1. The predicted octanol–water partition coefficient (Wildman–Crippen LogP) is 4.71. The van der Waals surface area contributed by atoms with Gasteiger partial charge in [-0.05, 0) is 48.3 Å². The van der Waals surface area contributed by atoms with Crippen molar-refractivity contribution in [2.75, 3.05) is 5.32 Å². The first-order valence-corrected chi connectivity index (χ1v) is 11.0. The maximum atomic E-state index is 12.8. The summed E-state index contributed by atoms with van der Waals surface area (Å²) in [6, 6.07) is 9.37. The van der Waals surface area contributed by atoms with Crippen molar-refractivity contribution in [1.29, 1.82) is 0 Å². The Morgan fingerprint density at radius 3 is 2.76 bits per heavy atom. The lowest BCUT2D eigenvalue weighted by Gasteiger charge is -2.33. The standard InChI is InChI=1S/C23H27N3O2S/c1-23(2,3)14-9-10-16-17(13-14)29-22-20(16)21(28)25-18(26-22)11-12-19(27)24-15-7-5-4-6-8-15/h4-8,14H,9-13H2,1-3H3,(H,24,27)(H,25,26,28)/t14-/m0/s1. The molecular formula is C23H27N3O2S. The fraction of sp³-hybridized carbons (Fsp3) is 0.435. The number of aromatic amines is 1. The monoisotopic (exact) mass is 409 g/mol. The van der Waals surface area contributed by atoms with Crippen LogP contribution in [0.1, 0.15) is 49.9 Å². The third-order valence-corrected chi connectivity index (χ3v) is 6.99. The first kappa shape index (κ1) is 19.8. The van der Waals surface area contributed by atoms with Gasteiger partial charge < -0.3 is 10.3 Å². The van der Waals surface area contributed by atoms with E-state index in [1.807, 2.05) is 30.3 Å². The number of thiophene rings is 1. The molecule has 29 heavy (non-hydrogen) atoms. The minimum absolute atomic E-state index is 0.0693. The number of carbonyl (C=O) groups excluding carboxylic acids is 1. The molecule has 0 saturated carbocycles. The molecule has 4 rings (SSSR count). The Kier molecular flexibility index (Phi) is 5.30. The number of nitrogens with one attached hydrogen (secondary N) is 2. The van der Waals surface area contributed by atoms with E-state index < -0.39 is 0 Å². The van der Waals surface area contributed by atoms with Gasteiger partial charge in [-0.2, -0.15) is 0 Å². The molecule has 1 aromatic carbocycles. The van der Waals surface area contributed by atoms with Crippen LogP contribution in [0.25, 0.3) is 10.2 Å². The van der Waals surface area contributed by atoms with Crippen LogP contribution in [0.3, 0.4) is 0 Å². The molecule has 0 radical (unpaired) electrons. The van der Waals surface area contributed by atoms with Gasteiger partial charge in [-0.25, -0.2) is 4.98 Å². The zero-order valence-electron chi connectivity index (χ0n) is 17.2. The summed E-state index contributed by atoms with van der Waals surface area (Å²) in [5.41, 5.74) is 2.16. The van der Waals surface area contributed by atoms with Gasteiger partial charge in [-0.15, -0.1) is 11.3 Å². The second kappa shape index (κ2) is 7.75. The van der Waals surface area contributed by atoms with Gasteiger partial charge in [0.15, 0.2) is 0 Å². The van der Waals surface area contributed by atoms with Gasteiger partial charge in [0.25, 0.3) is 5.56 Å². The third-order valence-electron chi connectivity index (χ3n) is 5.84. The summed E-state index contributed by atoms with van der Waals surface area (Å²) >= 11 is 1.65. The number of benzene rings is 1. The summed E-state index contributed by atoms with van der Waals surface area (Å²) in [6.45, 7) is 6.87. The average molecular weight is 410 g/mol. The molecule has 5 nitrogen and oxygen atoms in total. The van der Waals surface area contributed by atoms with Crippen molar-refractivity contribution < 1.29 is 4.79 Å². The largest absolute Gasteiger partial charge is 0.326 e. The molecule has 1 atom stereocenters. The van der Waals surface area contributed by atoms with Crippen LogP contribution >= 0.6 is 11.3 Å². The molecule has 2 heterocycles. The van der Waals surface area contributed by atoms with E-state index in [4.69, 9.17) is 4.98 Å². The van der Waals surface area contributed by atoms with E-state index in [2.05, 4.69) is 31.1 Å². The van der Waals surface area contributed by atoms with Crippen LogP contribution in [0.2, 0.25) is 0 Å². The minimum atomic E-state index is -0.0857. The predicted molar refractivity (Wildman–Crippen MR) is 119 cm³/mol. The van der Waals surface area contributed by atoms with Gasteiger partial charge >= 0.3 is 0 Å². The molecule has 0 unspecified atom stereocenters. The van der Waals surface area contributed by atoms with E-state index in [0.29, 0.717) is 18.2 Å². The molecular weight excluding hydrogens is 382 g/mol. The Morgan fingerprint density at radius 2 is 2.03 bits per heavy atom. The van der Waals surface area contributed by atoms with Gasteiger partial charge in [0.05, 0.1) is 5.39 Å². The highest BCUT2D eigenvalue weighted by Crippen LogP contribution is 2.41. The SMILES string of the molecule is CC(C)(C)[C@H]1CCc2c(sc3nc(CCC(=O)Nc4ccccc4)[nH]c(=O)c23)C1. The smallest absolute Gasteiger partial charge is 0.259 e. The van der Waals surface area contributed by atoms with Gasteiger partial charge in [0.2, 0.25) is 5.91 Å². The number of aromatic nitrogens is 2. The highest BCUT2D eigenvalue weighted by Gasteiger charge is 2.31. The summed E-state index contributed by atoms with van der Waals surface area (Å²) in [4.78, 5) is 34.7. The quantitative estimate of drug-likeness (QED) is 0.655. The topological polar surface area (TPSA) is 74.8 Å². The van der Waals surface area contributed by atoms with E-state index >= 15 is 0 Å². The van der Waals surface area contributed by atoms with Crippen LogP contribution < -0.4 is 10.9 Å². The number of carbonyl (C=O) groups is 1. The number of fused-ring (bicyclic) bond motifs is 3. The van der Waals surface area contributed by atoms with Gasteiger partial charge in [-0.1, -0.05) is 39.0 Å². The van der Waals surface area contributed by atoms with Crippen molar-refractivity contribution in [1.82, 2.24) is 9.97 Å². The summed E-state index contributed by atoms with van der Waals surface area (Å²) in [6.07, 6.45) is 3.77. The molecule has 6 heteroatoms. The number of H-pyrrole nitrogens is 1. The van der Waals surface area contributed by atoms with E-state index in [-0.39, 0.29) is 23.3 Å². The maximum Gasteiger partial charge on any atom is 0.259 e. The number of anilines is 1.